The van der Waals surface area contributed by atoms with Crippen molar-refractivity contribution in [3.63, 3.8) is 0 Å². The number of nitrogens with one attached hydrogen (secondary N) is 1. The van der Waals surface area contributed by atoms with Crippen LogP contribution in [0.15, 0.2) is 60.2 Å². The fourth-order valence-corrected chi connectivity index (χ4v) is 4.39. The van der Waals surface area contributed by atoms with E-state index in [0.717, 1.165) is 29.1 Å². The van der Waals surface area contributed by atoms with E-state index in [2.05, 4.69) is 28.9 Å². The summed E-state index contributed by atoms with van der Waals surface area (Å²) < 4.78 is 7.34. The zero-order chi connectivity index (χ0) is 23.7. The third kappa shape index (κ3) is 4.07. The number of aryl methyl sites for hydroxylation is 2. The minimum Gasteiger partial charge on any atom is -0.497 e. The third-order valence-corrected chi connectivity index (χ3v) is 6.10. The summed E-state index contributed by atoms with van der Waals surface area (Å²) >= 11 is 5.29. The summed E-state index contributed by atoms with van der Waals surface area (Å²) in [6, 6.07) is 17.2. The number of thiocarbonyl (C=S) groups is 1. The highest BCUT2D eigenvalue weighted by atomic mass is 32.1. The van der Waals surface area contributed by atoms with Crippen LogP contribution in [0.25, 0.3) is 11.8 Å². The van der Waals surface area contributed by atoms with Crippen LogP contribution in [0.3, 0.4) is 0 Å². The quantitative estimate of drug-likeness (QED) is 0.347. The molecular formula is C26H25N3O3S. The van der Waals surface area contributed by atoms with Gasteiger partial charge in [-0.25, -0.2) is 0 Å². The number of aromatic nitrogens is 1. The molecule has 1 aliphatic heterocycles. The van der Waals surface area contributed by atoms with Crippen molar-refractivity contribution in [3.05, 3.63) is 82.7 Å². The molecular weight excluding hydrogens is 434 g/mol. The molecule has 33 heavy (non-hydrogen) atoms. The zero-order valence-corrected chi connectivity index (χ0v) is 19.8. The molecule has 4 rings (SSSR count). The highest BCUT2D eigenvalue weighted by molar-refractivity contribution is 7.80. The first-order chi connectivity index (χ1) is 15.8. The number of para-hydroxylation sites is 1. The van der Waals surface area contributed by atoms with Crippen molar-refractivity contribution < 1.29 is 14.3 Å². The average molecular weight is 460 g/mol. The van der Waals surface area contributed by atoms with Gasteiger partial charge in [0.2, 0.25) is 0 Å². The molecule has 3 aromatic rings. The van der Waals surface area contributed by atoms with Crippen LogP contribution in [0.4, 0.5) is 5.69 Å². The number of hydrogen-bond acceptors (Lipinski definition) is 4. The second-order valence-electron chi connectivity index (χ2n) is 7.80. The molecule has 1 aromatic heterocycles. The first-order valence-corrected chi connectivity index (χ1v) is 11.1. The van der Waals surface area contributed by atoms with Crippen molar-refractivity contribution in [1.82, 2.24) is 9.88 Å². The van der Waals surface area contributed by atoms with Gasteiger partial charge in [0.05, 0.1) is 12.8 Å². The van der Waals surface area contributed by atoms with Gasteiger partial charge in [-0.05, 0) is 86.1 Å². The molecule has 1 saturated heterocycles. The summed E-state index contributed by atoms with van der Waals surface area (Å²) in [5.74, 6) is -0.310. The van der Waals surface area contributed by atoms with Crippen LogP contribution in [0.2, 0.25) is 0 Å². The minimum absolute atomic E-state index is 0.0310. The maximum Gasteiger partial charge on any atom is 0.270 e. The van der Waals surface area contributed by atoms with Crippen LogP contribution in [0.5, 0.6) is 5.75 Å². The fraction of sp³-hybridized carbons (Fsp3) is 0.192. The van der Waals surface area contributed by atoms with Crippen molar-refractivity contribution >= 4 is 40.9 Å². The van der Waals surface area contributed by atoms with Crippen molar-refractivity contribution in [2.45, 2.75) is 27.2 Å². The van der Waals surface area contributed by atoms with Gasteiger partial charge in [-0.1, -0.05) is 25.1 Å². The first-order valence-electron chi connectivity index (χ1n) is 10.7. The zero-order valence-electron chi connectivity index (χ0n) is 19.0. The number of rotatable bonds is 5. The van der Waals surface area contributed by atoms with E-state index in [1.165, 1.54) is 10.5 Å². The van der Waals surface area contributed by atoms with Gasteiger partial charge in [0, 0.05) is 17.1 Å². The van der Waals surface area contributed by atoms with E-state index in [1.807, 2.05) is 32.0 Å². The van der Waals surface area contributed by atoms with Crippen LogP contribution in [0, 0.1) is 13.8 Å². The van der Waals surface area contributed by atoms with Gasteiger partial charge in [-0.2, -0.15) is 0 Å². The van der Waals surface area contributed by atoms with Gasteiger partial charge in [0.1, 0.15) is 11.3 Å². The monoisotopic (exact) mass is 459 g/mol. The van der Waals surface area contributed by atoms with Crippen LogP contribution < -0.4 is 15.0 Å². The van der Waals surface area contributed by atoms with Gasteiger partial charge < -0.3 is 9.30 Å². The van der Waals surface area contributed by atoms with Crippen molar-refractivity contribution in [3.8, 4) is 11.4 Å². The predicted octanol–water partition coefficient (Wildman–Crippen LogP) is 4.50. The molecule has 0 spiro atoms. The summed E-state index contributed by atoms with van der Waals surface area (Å²) in [4.78, 5) is 27.4. The van der Waals surface area contributed by atoms with Crippen molar-refractivity contribution in [2.75, 3.05) is 12.0 Å². The Hall–Kier alpha value is -3.71. The Labute approximate surface area is 198 Å². The predicted molar refractivity (Wildman–Crippen MR) is 134 cm³/mol. The molecule has 1 aliphatic rings. The topological polar surface area (TPSA) is 63.6 Å². The van der Waals surface area contributed by atoms with E-state index in [-0.39, 0.29) is 10.7 Å². The molecule has 0 saturated carbocycles. The number of carbonyl (C=O) groups excluding carboxylic acids is 2. The Balaban J connectivity index is 1.76. The number of anilines is 1. The van der Waals surface area contributed by atoms with Crippen LogP contribution in [0.1, 0.15) is 29.4 Å². The van der Waals surface area contributed by atoms with E-state index in [9.17, 15) is 9.59 Å². The van der Waals surface area contributed by atoms with E-state index in [1.54, 1.807) is 37.5 Å². The number of methoxy groups -OCH3 is 1. The van der Waals surface area contributed by atoms with Crippen LogP contribution >= 0.6 is 12.2 Å². The van der Waals surface area contributed by atoms with E-state index >= 15 is 0 Å². The fourth-order valence-electron chi connectivity index (χ4n) is 4.11. The summed E-state index contributed by atoms with van der Waals surface area (Å²) in [6.45, 7) is 6.13. The molecule has 7 heteroatoms. The molecule has 0 radical (unpaired) electrons. The maximum atomic E-state index is 13.4. The van der Waals surface area contributed by atoms with E-state index < -0.39 is 11.8 Å². The number of hydrogen-bond donors (Lipinski definition) is 1. The smallest absolute Gasteiger partial charge is 0.270 e. The lowest BCUT2D eigenvalue weighted by Crippen LogP contribution is -2.54. The number of carbonyl (C=O) groups is 2. The Kier molecular flexibility index (Phi) is 6.16. The van der Waals surface area contributed by atoms with Gasteiger partial charge >= 0.3 is 0 Å². The first kappa shape index (κ1) is 22.5. The third-order valence-electron chi connectivity index (χ3n) is 5.82. The number of amides is 2. The lowest BCUT2D eigenvalue weighted by molar-refractivity contribution is -0.122. The molecule has 0 atom stereocenters. The SMILES string of the molecule is CCc1ccccc1-n1c(C)cc(/C=C2\C(=O)NC(=S)N(c3ccc(OC)cc3)C2=O)c1C. The molecule has 6 nitrogen and oxygen atoms in total. The normalized spacial score (nSPS) is 15.2. The lowest BCUT2D eigenvalue weighted by atomic mass is 10.1. The van der Waals surface area contributed by atoms with Gasteiger partial charge in [-0.3, -0.25) is 19.8 Å². The Morgan fingerprint density at radius 1 is 1.06 bits per heavy atom. The molecule has 2 heterocycles. The molecule has 2 amide bonds. The highest BCUT2D eigenvalue weighted by Gasteiger charge is 2.34. The Morgan fingerprint density at radius 3 is 2.42 bits per heavy atom. The average Bonchev–Trinajstić information content (AvgIpc) is 3.09. The van der Waals surface area contributed by atoms with E-state index in [4.69, 9.17) is 17.0 Å². The van der Waals surface area contributed by atoms with Gasteiger partial charge in [0.25, 0.3) is 11.8 Å². The summed E-state index contributed by atoms with van der Waals surface area (Å²) in [6.07, 6.45) is 2.54. The number of nitrogens with zero attached hydrogens (tertiary/aromatic N) is 2. The Bertz CT molecular complexity index is 1290. The van der Waals surface area contributed by atoms with Crippen LogP contribution in [-0.2, 0) is 16.0 Å². The molecule has 0 bridgehead atoms. The molecule has 1 fully saturated rings. The molecule has 168 valence electrons. The lowest BCUT2D eigenvalue weighted by Gasteiger charge is -2.29. The molecule has 2 aromatic carbocycles. The largest absolute Gasteiger partial charge is 0.497 e. The second-order valence-corrected chi connectivity index (χ2v) is 8.19. The molecule has 0 unspecified atom stereocenters. The summed E-state index contributed by atoms with van der Waals surface area (Å²) in [5, 5.41) is 2.69. The molecule has 1 N–H and O–H groups in total. The molecule has 0 aliphatic carbocycles. The second kappa shape index (κ2) is 9.03. The standard InChI is InChI=1S/C26H25N3O3S/c1-5-18-8-6-7-9-23(18)28-16(2)14-19(17(28)3)15-22-24(30)27-26(33)29(25(22)31)20-10-12-21(32-4)13-11-20/h6-15H,5H2,1-4H3,(H,27,30,33)/b22-15+. The van der Waals surface area contributed by atoms with Gasteiger partial charge in [0.15, 0.2) is 5.11 Å². The minimum atomic E-state index is -0.506. The summed E-state index contributed by atoms with van der Waals surface area (Å²) in [7, 11) is 1.57. The van der Waals surface area contributed by atoms with Crippen molar-refractivity contribution in [1.29, 1.82) is 0 Å². The van der Waals surface area contributed by atoms with Crippen molar-refractivity contribution in [2.24, 2.45) is 0 Å². The number of benzene rings is 2. The summed E-state index contributed by atoms with van der Waals surface area (Å²) in [5.41, 5.74) is 5.68. The number of ether oxygens (including phenoxy) is 1. The van der Waals surface area contributed by atoms with Gasteiger partial charge in [-0.15, -0.1) is 0 Å². The Morgan fingerprint density at radius 2 is 1.76 bits per heavy atom. The highest BCUT2D eigenvalue weighted by Crippen LogP contribution is 2.28. The van der Waals surface area contributed by atoms with E-state index in [0.29, 0.717) is 11.4 Å². The van der Waals surface area contributed by atoms with Crippen LogP contribution in [-0.4, -0.2) is 28.6 Å². The maximum absolute atomic E-state index is 13.4.